The van der Waals surface area contributed by atoms with Gasteiger partial charge in [-0.1, -0.05) is 60.7 Å². The first-order valence-corrected chi connectivity index (χ1v) is 12.1. The highest BCUT2D eigenvalue weighted by Gasteiger charge is 2.49. The van der Waals surface area contributed by atoms with Gasteiger partial charge in [0.25, 0.3) is 0 Å². The van der Waals surface area contributed by atoms with Crippen molar-refractivity contribution >= 4 is 23.9 Å². The first-order chi connectivity index (χ1) is 18.9. The van der Waals surface area contributed by atoms with Crippen LogP contribution in [0, 0.1) is 0 Å². The minimum absolute atomic E-state index is 0.176. The number of fused-ring (bicyclic) bond motifs is 5. The van der Waals surface area contributed by atoms with Crippen molar-refractivity contribution in [3.8, 4) is 33.4 Å². The first-order valence-electron chi connectivity index (χ1n) is 12.1. The quantitative estimate of drug-likeness (QED) is 0.208. The molecule has 39 heavy (non-hydrogen) atoms. The maximum absolute atomic E-state index is 12.7. The van der Waals surface area contributed by atoms with Gasteiger partial charge in [-0.2, -0.15) is 0 Å². The van der Waals surface area contributed by atoms with Gasteiger partial charge in [0.2, 0.25) is 5.79 Å². The first kappa shape index (κ1) is 23.2. The molecule has 4 aromatic carbocycles. The van der Waals surface area contributed by atoms with Gasteiger partial charge < -0.3 is 18.9 Å². The zero-order chi connectivity index (χ0) is 27.1. The minimum atomic E-state index is -1.47. The molecule has 8 heteroatoms. The van der Waals surface area contributed by atoms with Crippen LogP contribution in [0.1, 0.15) is 52.6 Å². The van der Waals surface area contributed by atoms with E-state index in [-0.39, 0.29) is 22.3 Å². The fourth-order valence-corrected chi connectivity index (χ4v) is 6.04. The predicted molar refractivity (Wildman–Crippen MR) is 137 cm³/mol. The molecule has 0 aromatic heterocycles. The third-order valence-corrected chi connectivity index (χ3v) is 7.58. The number of hydrogen-bond acceptors (Lipinski definition) is 8. The fourth-order valence-electron chi connectivity index (χ4n) is 6.04. The monoisotopic (exact) mass is 518 g/mol. The number of cyclic esters (lactones) is 4. The number of ether oxygens (including phenoxy) is 4. The molecule has 4 aromatic rings. The highest BCUT2D eigenvalue weighted by atomic mass is 16.7. The third-order valence-electron chi connectivity index (χ3n) is 7.58. The second kappa shape index (κ2) is 8.04. The van der Waals surface area contributed by atoms with E-state index in [1.165, 1.54) is 14.2 Å². The summed E-state index contributed by atoms with van der Waals surface area (Å²) in [5.74, 6) is -4.30. The van der Waals surface area contributed by atoms with Gasteiger partial charge in [-0.15, -0.1) is 0 Å². The van der Waals surface area contributed by atoms with Crippen LogP contribution in [-0.2, 0) is 24.7 Å². The van der Waals surface area contributed by atoms with Crippen molar-refractivity contribution in [2.24, 2.45) is 0 Å². The van der Waals surface area contributed by atoms with E-state index in [4.69, 9.17) is 18.9 Å². The summed E-state index contributed by atoms with van der Waals surface area (Å²) in [7, 11) is 3.02. The molecular weight excluding hydrogens is 500 g/mol. The molecule has 0 saturated carbocycles. The molecule has 0 unspecified atom stereocenters. The molecule has 0 amide bonds. The Hall–Kier alpha value is -4.92. The van der Waals surface area contributed by atoms with Crippen LogP contribution < -0.4 is 0 Å². The van der Waals surface area contributed by atoms with Crippen molar-refractivity contribution in [3.05, 3.63) is 106 Å². The summed E-state index contributed by atoms with van der Waals surface area (Å²) in [5.41, 5.74) is 5.81. The molecule has 0 bridgehead atoms. The maximum Gasteiger partial charge on any atom is 0.347 e. The average Bonchev–Trinajstić information content (AvgIpc) is 3.54. The van der Waals surface area contributed by atoms with Gasteiger partial charge in [0.05, 0.1) is 22.3 Å². The van der Waals surface area contributed by atoms with Crippen LogP contribution in [0.5, 0.6) is 0 Å². The van der Waals surface area contributed by atoms with Gasteiger partial charge in [-0.25, -0.2) is 19.2 Å². The lowest BCUT2D eigenvalue weighted by atomic mass is 9.87. The van der Waals surface area contributed by atoms with Gasteiger partial charge in [0.15, 0.2) is 0 Å². The Morgan fingerprint density at radius 1 is 0.462 bits per heavy atom. The fraction of sp³-hybridized carbons (Fsp3) is 0.0968. The Morgan fingerprint density at radius 2 is 0.769 bits per heavy atom. The number of methoxy groups -OCH3 is 2. The molecule has 0 spiro atoms. The highest BCUT2D eigenvalue weighted by molar-refractivity contribution is 6.19. The van der Waals surface area contributed by atoms with Crippen molar-refractivity contribution in [3.63, 3.8) is 0 Å². The van der Waals surface area contributed by atoms with Crippen LogP contribution in [-0.4, -0.2) is 38.1 Å². The maximum atomic E-state index is 12.7. The summed E-state index contributed by atoms with van der Waals surface area (Å²) in [5, 5.41) is 0. The Bertz CT molecular complexity index is 1680. The number of carbonyl (C=O) groups excluding carboxylic acids is 4. The number of carbonyl (C=O) groups is 4. The van der Waals surface area contributed by atoms with E-state index in [0.717, 1.165) is 11.1 Å². The lowest BCUT2D eigenvalue weighted by Crippen LogP contribution is -2.31. The van der Waals surface area contributed by atoms with Gasteiger partial charge in [0.1, 0.15) is 0 Å². The third kappa shape index (κ3) is 2.89. The van der Waals surface area contributed by atoms with Gasteiger partial charge >= 0.3 is 23.9 Å². The molecule has 0 fully saturated rings. The zero-order valence-corrected chi connectivity index (χ0v) is 20.7. The van der Waals surface area contributed by atoms with Crippen molar-refractivity contribution in [1.82, 2.24) is 0 Å². The van der Waals surface area contributed by atoms with Crippen LogP contribution in [0.2, 0.25) is 0 Å². The summed E-state index contributed by atoms with van der Waals surface area (Å²) in [6, 6.07) is 21.2. The van der Waals surface area contributed by atoms with Gasteiger partial charge in [0, 0.05) is 25.3 Å². The van der Waals surface area contributed by atoms with Crippen LogP contribution in [0.3, 0.4) is 0 Å². The molecule has 2 aliphatic heterocycles. The number of esters is 4. The van der Waals surface area contributed by atoms with Crippen molar-refractivity contribution < 1.29 is 38.1 Å². The Labute approximate surface area is 221 Å². The van der Waals surface area contributed by atoms with Crippen molar-refractivity contribution in [2.75, 3.05) is 14.2 Å². The molecule has 7 rings (SSSR count). The van der Waals surface area contributed by atoms with Crippen LogP contribution in [0.25, 0.3) is 33.4 Å². The highest BCUT2D eigenvalue weighted by Crippen LogP contribution is 2.56. The largest absolute Gasteiger partial charge is 0.386 e. The number of hydrogen-bond donors (Lipinski definition) is 0. The molecule has 3 aliphatic rings. The minimum Gasteiger partial charge on any atom is -0.386 e. The van der Waals surface area contributed by atoms with E-state index in [9.17, 15) is 19.2 Å². The van der Waals surface area contributed by atoms with Crippen LogP contribution in [0.15, 0.2) is 72.8 Å². The number of rotatable bonds is 4. The number of benzene rings is 4. The summed E-state index contributed by atoms with van der Waals surface area (Å²) in [6.45, 7) is 0. The summed E-state index contributed by atoms with van der Waals surface area (Å²) in [6.07, 6.45) is 0. The molecule has 0 saturated heterocycles. The SMILES string of the molecule is COC1(OC)c2c(-c3cccc4c3C(=O)OC4=O)cccc2-c2cccc(-c3cccc4c3C(=O)OC4=O)c21. The van der Waals surface area contributed by atoms with Gasteiger partial charge in [-0.05, 0) is 45.5 Å². The summed E-state index contributed by atoms with van der Waals surface area (Å²) >= 11 is 0. The van der Waals surface area contributed by atoms with E-state index < -0.39 is 29.7 Å². The van der Waals surface area contributed by atoms with Crippen LogP contribution in [0.4, 0.5) is 0 Å². The summed E-state index contributed by atoms with van der Waals surface area (Å²) in [4.78, 5) is 50.0. The second-order valence-corrected chi connectivity index (χ2v) is 9.29. The van der Waals surface area contributed by atoms with Crippen molar-refractivity contribution in [2.45, 2.75) is 5.79 Å². The standard InChI is InChI=1S/C31H18O8/c1-36-31(37-2)25-17(15-7-3-13-21-23(15)29(34)38-27(21)32)9-5-11-19(25)20-12-6-10-18(26(20)31)16-8-4-14-22-24(16)30(35)39-28(22)33/h3-14H,1-2H3. The lowest BCUT2D eigenvalue weighted by Gasteiger charge is -2.32. The van der Waals surface area contributed by atoms with E-state index in [2.05, 4.69) is 0 Å². The van der Waals surface area contributed by atoms with Crippen LogP contribution >= 0.6 is 0 Å². The lowest BCUT2D eigenvalue weighted by molar-refractivity contribution is -0.180. The molecule has 0 atom stereocenters. The molecule has 0 N–H and O–H groups in total. The second-order valence-electron chi connectivity index (χ2n) is 9.29. The smallest absolute Gasteiger partial charge is 0.347 e. The van der Waals surface area contributed by atoms with E-state index >= 15 is 0 Å². The Balaban J connectivity index is 1.54. The molecule has 0 radical (unpaired) electrons. The molecule has 1 aliphatic carbocycles. The average molecular weight is 518 g/mol. The normalized spacial score (nSPS) is 15.9. The van der Waals surface area contributed by atoms with E-state index in [1.807, 2.05) is 36.4 Å². The van der Waals surface area contributed by atoms with E-state index in [1.54, 1.807) is 36.4 Å². The zero-order valence-electron chi connectivity index (χ0n) is 20.7. The predicted octanol–water partition coefficient (Wildman–Crippen LogP) is 5.12. The topological polar surface area (TPSA) is 105 Å². The molecule has 8 nitrogen and oxygen atoms in total. The molecule has 190 valence electrons. The Kier molecular flexibility index (Phi) is 4.78. The van der Waals surface area contributed by atoms with Crippen molar-refractivity contribution in [1.29, 1.82) is 0 Å². The van der Waals surface area contributed by atoms with E-state index in [0.29, 0.717) is 33.4 Å². The Morgan fingerprint density at radius 3 is 1.13 bits per heavy atom. The molecular formula is C31H18O8. The molecule has 2 heterocycles. The van der Waals surface area contributed by atoms with Gasteiger partial charge in [-0.3, -0.25) is 0 Å². The summed E-state index contributed by atoms with van der Waals surface area (Å²) < 4.78 is 22.2.